The molecule has 0 radical (unpaired) electrons. The van der Waals surface area contributed by atoms with Gasteiger partial charge in [-0.05, 0) is 30.2 Å². The van der Waals surface area contributed by atoms with Gasteiger partial charge in [0.1, 0.15) is 0 Å². The maximum absolute atomic E-state index is 12.2. The average molecular weight is 311 g/mol. The fourth-order valence-corrected chi connectivity index (χ4v) is 2.27. The van der Waals surface area contributed by atoms with Gasteiger partial charge in [0.05, 0.1) is 12.6 Å². The van der Waals surface area contributed by atoms with Gasteiger partial charge in [0, 0.05) is 25.9 Å². The lowest BCUT2D eigenvalue weighted by Gasteiger charge is -2.22. The van der Waals surface area contributed by atoms with E-state index >= 15 is 0 Å². The summed E-state index contributed by atoms with van der Waals surface area (Å²) in [4.78, 5) is 29.4. The van der Waals surface area contributed by atoms with Crippen molar-refractivity contribution in [3.05, 3.63) is 66.0 Å². The molecule has 1 aromatic heterocycles. The lowest BCUT2D eigenvalue weighted by atomic mass is 10.1. The number of nitrogens with one attached hydrogen (secondary N) is 1. The fraction of sp³-hybridized carbons (Fsp3) is 0.278. The highest BCUT2D eigenvalue weighted by Crippen LogP contribution is 2.11. The Bertz CT molecular complexity index is 644. The Labute approximate surface area is 136 Å². The molecule has 23 heavy (non-hydrogen) atoms. The molecule has 0 bridgehead atoms. The van der Waals surface area contributed by atoms with Crippen molar-refractivity contribution in [2.24, 2.45) is 0 Å². The second-order valence-electron chi connectivity index (χ2n) is 5.43. The summed E-state index contributed by atoms with van der Waals surface area (Å²) in [5, 5.41) is 2.92. The summed E-state index contributed by atoms with van der Waals surface area (Å²) >= 11 is 0. The van der Waals surface area contributed by atoms with Crippen molar-refractivity contribution in [1.82, 2.24) is 15.2 Å². The topological polar surface area (TPSA) is 62.3 Å². The number of hydrogen-bond acceptors (Lipinski definition) is 3. The molecule has 2 rings (SSSR count). The molecule has 0 spiro atoms. The van der Waals surface area contributed by atoms with Gasteiger partial charge in [-0.1, -0.05) is 30.3 Å². The second kappa shape index (κ2) is 8.08. The van der Waals surface area contributed by atoms with Crippen molar-refractivity contribution in [3.8, 4) is 0 Å². The summed E-state index contributed by atoms with van der Waals surface area (Å²) in [6, 6.07) is 13.3. The van der Waals surface area contributed by atoms with E-state index in [4.69, 9.17) is 0 Å². The normalized spacial score (nSPS) is 11.6. The first kappa shape index (κ1) is 16.7. The zero-order chi connectivity index (χ0) is 16.7. The van der Waals surface area contributed by atoms with Crippen molar-refractivity contribution >= 4 is 11.8 Å². The highest BCUT2D eigenvalue weighted by atomic mass is 16.2. The van der Waals surface area contributed by atoms with Gasteiger partial charge in [0.2, 0.25) is 11.8 Å². The van der Waals surface area contributed by atoms with E-state index in [1.54, 1.807) is 12.4 Å². The van der Waals surface area contributed by atoms with Crippen molar-refractivity contribution in [2.75, 3.05) is 6.54 Å². The molecule has 1 aromatic carbocycles. The van der Waals surface area contributed by atoms with Crippen molar-refractivity contribution in [2.45, 2.75) is 26.4 Å². The molecule has 2 aromatic rings. The molecule has 0 aliphatic heterocycles. The van der Waals surface area contributed by atoms with Gasteiger partial charge in [0.25, 0.3) is 0 Å². The number of amides is 2. The zero-order valence-electron chi connectivity index (χ0n) is 13.4. The van der Waals surface area contributed by atoms with E-state index in [0.717, 1.165) is 11.1 Å². The van der Waals surface area contributed by atoms with Gasteiger partial charge in [-0.2, -0.15) is 0 Å². The third-order valence-electron chi connectivity index (χ3n) is 3.58. The summed E-state index contributed by atoms with van der Waals surface area (Å²) < 4.78 is 0. The van der Waals surface area contributed by atoms with Crippen LogP contribution in [0.15, 0.2) is 54.9 Å². The van der Waals surface area contributed by atoms with Crippen LogP contribution >= 0.6 is 0 Å². The lowest BCUT2D eigenvalue weighted by molar-refractivity contribution is -0.135. The molecule has 1 atom stereocenters. The number of carbonyl (C=O) groups is 2. The first-order chi connectivity index (χ1) is 11.1. The van der Waals surface area contributed by atoms with Crippen LogP contribution in [0, 0.1) is 0 Å². The monoisotopic (exact) mass is 311 g/mol. The minimum atomic E-state index is -0.175. The Balaban J connectivity index is 1.94. The van der Waals surface area contributed by atoms with Crippen LogP contribution in [0.4, 0.5) is 0 Å². The predicted octanol–water partition coefficient (Wildman–Crippen LogP) is 2.31. The van der Waals surface area contributed by atoms with Crippen LogP contribution in [0.3, 0.4) is 0 Å². The number of benzene rings is 1. The van der Waals surface area contributed by atoms with Crippen LogP contribution in [0.5, 0.6) is 0 Å². The first-order valence-electron chi connectivity index (χ1n) is 7.55. The Kier molecular flexibility index (Phi) is 5.86. The molecule has 1 N–H and O–H groups in total. The van der Waals surface area contributed by atoms with Crippen LogP contribution < -0.4 is 5.32 Å². The molecular weight excluding hydrogens is 290 g/mol. The van der Waals surface area contributed by atoms with Crippen LogP contribution in [-0.2, 0) is 16.1 Å². The van der Waals surface area contributed by atoms with E-state index in [1.165, 1.54) is 11.8 Å². The molecule has 0 fully saturated rings. The quantitative estimate of drug-likeness (QED) is 0.890. The molecule has 0 aliphatic rings. The van der Waals surface area contributed by atoms with E-state index in [2.05, 4.69) is 10.3 Å². The molecule has 1 heterocycles. The van der Waals surface area contributed by atoms with Crippen LogP contribution in [0.25, 0.3) is 0 Å². The Hall–Kier alpha value is -2.69. The van der Waals surface area contributed by atoms with E-state index in [0.29, 0.717) is 6.54 Å². The average Bonchev–Trinajstić information content (AvgIpc) is 2.56. The molecular formula is C18H21N3O2. The lowest BCUT2D eigenvalue weighted by Crippen LogP contribution is -2.40. The second-order valence-corrected chi connectivity index (χ2v) is 5.43. The third kappa shape index (κ3) is 5.21. The highest BCUT2D eigenvalue weighted by Gasteiger charge is 2.16. The van der Waals surface area contributed by atoms with E-state index in [1.807, 2.05) is 49.4 Å². The largest absolute Gasteiger partial charge is 0.348 e. The van der Waals surface area contributed by atoms with Gasteiger partial charge >= 0.3 is 0 Å². The first-order valence-corrected chi connectivity index (χ1v) is 7.55. The molecule has 5 heteroatoms. The zero-order valence-corrected chi connectivity index (χ0v) is 13.4. The number of pyridine rings is 1. The van der Waals surface area contributed by atoms with Crippen LogP contribution in [-0.4, -0.2) is 28.2 Å². The maximum atomic E-state index is 12.2. The minimum Gasteiger partial charge on any atom is -0.348 e. The van der Waals surface area contributed by atoms with Crippen LogP contribution in [0.1, 0.15) is 31.0 Å². The highest BCUT2D eigenvalue weighted by molar-refractivity contribution is 5.84. The van der Waals surface area contributed by atoms with E-state index in [9.17, 15) is 9.59 Å². The Morgan fingerprint density at radius 3 is 2.39 bits per heavy atom. The molecule has 1 unspecified atom stereocenters. The maximum Gasteiger partial charge on any atom is 0.240 e. The Morgan fingerprint density at radius 2 is 1.78 bits per heavy atom. The van der Waals surface area contributed by atoms with Gasteiger partial charge in [-0.25, -0.2) is 0 Å². The summed E-state index contributed by atoms with van der Waals surface area (Å²) in [6.07, 6.45) is 3.34. The fourth-order valence-electron chi connectivity index (χ4n) is 2.27. The number of aromatic nitrogens is 1. The van der Waals surface area contributed by atoms with Gasteiger partial charge < -0.3 is 10.2 Å². The van der Waals surface area contributed by atoms with Gasteiger partial charge in [0.15, 0.2) is 0 Å². The summed E-state index contributed by atoms with van der Waals surface area (Å²) in [5.41, 5.74) is 1.98. The number of rotatable bonds is 6. The standard InChI is InChI=1S/C18H21N3O2/c1-14(17-6-4-3-5-7-17)20-18(23)13-21(15(2)22)12-16-8-10-19-11-9-16/h3-11,14H,12-13H2,1-2H3,(H,20,23). The van der Waals surface area contributed by atoms with E-state index in [-0.39, 0.29) is 24.4 Å². The van der Waals surface area contributed by atoms with Gasteiger partial charge in [-0.3, -0.25) is 14.6 Å². The smallest absolute Gasteiger partial charge is 0.240 e. The summed E-state index contributed by atoms with van der Waals surface area (Å²) in [6.45, 7) is 3.82. The summed E-state index contributed by atoms with van der Waals surface area (Å²) in [5.74, 6) is -0.310. The molecule has 0 aliphatic carbocycles. The molecule has 5 nitrogen and oxygen atoms in total. The predicted molar refractivity (Wildman–Crippen MR) is 88.3 cm³/mol. The van der Waals surface area contributed by atoms with Crippen molar-refractivity contribution in [1.29, 1.82) is 0 Å². The van der Waals surface area contributed by atoms with Crippen LogP contribution in [0.2, 0.25) is 0 Å². The van der Waals surface area contributed by atoms with Gasteiger partial charge in [-0.15, -0.1) is 0 Å². The molecule has 120 valence electrons. The molecule has 0 saturated carbocycles. The van der Waals surface area contributed by atoms with Crippen molar-refractivity contribution < 1.29 is 9.59 Å². The SMILES string of the molecule is CC(=O)N(CC(=O)NC(C)c1ccccc1)Cc1ccncc1. The number of nitrogens with zero attached hydrogens (tertiary/aromatic N) is 2. The van der Waals surface area contributed by atoms with E-state index < -0.39 is 0 Å². The van der Waals surface area contributed by atoms with Crippen molar-refractivity contribution in [3.63, 3.8) is 0 Å². The molecule has 0 saturated heterocycles. The summed E-state index contributed by atoms with van der Waals surface area (Å²) in [7, 11) is 0. The third-order valence-corrected chi connectivity index (χ3v) is 3.58. The molecule has 2 amide bonds. The number of carbonyl (C=O) groups excluding carboxylic acids is 2. The Morgan fingerprint density at radius 1 is 1.13 bits per heavy atom. The number of hydrogen-bond donors (Lipinski definition) is 1. The minimum absolute atomic E-state index is 0.0365.